The summed E-state index contributed by atoms with van der Waals surface area (Å²) in [5.74, 6) is 0.680. The molecule has 0 amide bonds. The average Bonchev–Trinajstić information content (AvgIpc) is 2.73. The number of methoxy groups -OCH3 is 1. The van der Waals surface area contributed by atoms with Crippen LogP contribution in [0.15, 0.2) is 83.1 Å². The average molecular weight is 414 g/mol. The van der Waals surface area contributed by atoms with Gasteiger partial charge < -0.3 is 9.84 Å². The zero-order valence-corrected chi connectivity index (χ0v) is 18.2. The number of Topliss-reactive ketones (excluding diaryl/α,β-unsaturated/α-hetero) is 1. The first kappa shape index (κ1) is 20.9. The molecule has 4 rings (SSSR count). The molecule has 4 heteroatoms. The Morgan fingerprint density at radius 1 is 1.00 bits per heavy atom. The Hall–Kier alpha value is -3.40. The van der Waals surface area contributed by atoms with Crippen molar-refractivity contribution < 1.29 is 14.6 Å². The van der Waals surface area contributed by atoms with Crippen molar-refractivity contribution in [1.82, 2.24) is 0 Å². The minimum absolute atomic E-state index is 0.0670. The molecule has 0 aromatic heterocycles. The quantitative estimate of drug-likeness (QED) is 0.495. The lowest BCUT2D eigenvalue weighted by molar-refractivity contribution is -0.117. The molecule has 0 saturated carbocycles. The lowest BCUT2D eigenvalue weighted by atomic mass is 9.75. The van der Waals surface area contributed by atoms with E-state index in [2.05, 4.69) is 24.3 Å². The molecule has 3 aromatic rings. The lowest BCUT2D eigenvalue weighted by Gasteiger charge is -2.30. The van der Waals surface area contributed by atoms with Crippen molar-refractivity contribution in [3.8, 4) is 5.75 Å². The Kier molecular flexibility index (Phi) is 5.64. The zero-order chi connectivity index (χ0) is 22.0. The molecule has 0 spiro atoms. The Morgan fingerprint density at radius 2 is 1.71 bits per heavy atom. The summed E-state index contributed by atoms with van der Waals surface area (Å²) in [6.45, 7) is 4.00. The number of aliphatic imine (C=N–C) groups is 1. The number of carbonyl (C=O) groups excluding carboxylic acids is 1. The van der Waals surface area contributed by atoms with Crippen LogP contribution < -0.4 is 4.74 Å². The second-order valence-corrected chi connectivity index (χ2v) is 8.81. The number of carbonyl (C=O) groups is 1. The summed E-state index contributed by atoms with van der Waals surface area (Å²) in [4.78, 5) is 18.0. The van der Waals surface area contributed by atoms with E-state index >= 15 is 0 Å². The van der Waals surface area contributed by atoms with Gasteiger partial charge in [-0.1, -0.05) is 68.4 Å². The van der Waals surface area contributed by atoms with Gasteiger partial charge in [0.15, 0.2) is 5.78 Å². The van der Waals surface area contributed by atoms with Crippen LogP contribution in [-0.2, 0) is 11.2 Å². The van der Waals surface area contributed by atoms with Crippen molar-refractivity contribution in [3.63, 3.8) is 0 Å². The van der Waals surface area contributed by atoms with Gasteiger partial charge in [0.05, 0.1) is 18.4 Å². The van der Waals surface area contributed by atoms with E-state index in [1.807, 2.05) is 56.3 Å². The van der Waals surface area contributed by atoms with E-state index in [9.17, 15) is 9.90 Å². The van der Waals surface area contributed by atoms with Gasteiger partial charge >= 0.3 is 0 Å². The minimum Gasteiger partial charge on any atom is -0.511 e. The number of fused-ring (bicyclic) bond motifs is 1. The van der Waals surface area contributed by atoms with E-state index in [0.717, 1.165) is 16.3 Å². The van der Waals surface area contributed by atoms with Gasteiger partial charge in [-0.05, 0) is 33.9 Å². The molecule has 3 aromatic carbocycles. The smallest absolute Gasteiger partial charge is 0.168 e. The van der Waals surface area contributed by atoms with Crippen LogP contribution in [0.4, 0.5) is 5.69 Å². The van der Waals surface area contributed by atoms with Crippen LogP contribution in [0.3, 0.4) is 0 Å². The molecule has 0 unspecified atom stereocenters. The SMILES string of the molecule is COc1ccccc1N=C(Cc1cccc2ccccc12)C1=C(O)CC(C)(C)CC1=O. The fourth-order valence-electron chi connectivity index (χ4n) is 4.29. The van der Waals surface area contributed by atoms with Gasteiger partial charge in [-0.15, -0.1) is 0 Å². The van der Waals surface area contributed by atoms with E-state index in [1.165, 1.54) is 0 Å². The van der Waals surface area contributed by atoms with Crippen LogP contribution in [0.1, 0.15) is 32.3 Å². The number of para-hydroxylation sites is 2. The maximum atomic E-state index is 13.1. The second kappa shape index (κ2) is 8.38. The summed E-state index contributed by atoms with van der Waals surface area (Å²) in [5.41, 5.74) is 2.35. The Bertz CT molecular complexity index is 1200. The number of rotatable bonds is 5. The molecule has 0 aliphatic heterocycles. The summed E-state index contributed by atoms with van der Waals surface area (Å²) < 4.78 is 5.47. The Balaban J connectivity index is 1.88. The number of aliphatic hydroxyl groups is 1. The topological polar surface area (TPSA) is 58.9 Å². The van der Waals surface area contributed by atoms with E-state index in [0.29, 0.717) is 42.0 Å². The van der Waals surface area contributed by atoms with E-state index in [4.69, 9.17) is 9.73 Å². The second-order valence-electron chi connectivity index (χ2n) is 8.81. The highest BCUT2D eigenvalue weighted by Crippen LogP contribution is 2.38. The molecule has 0 bridgehead atoms. The van der Waals surface area contributed by atoms with Gasteiger partial charge in [0, 0.05) is 19.3 Å². The van der Waals surface area contributed by atoms with Crippen molar-refractivity contribution in [1.29, 1.82) is 0 Å². The number of aliphatic hydroxyl groups excluding tert-OH is 1. The molecule has 1 aliphatic carbocycles. The van der Waals surface area contributed by atoms with Crippen LogP contribution in [0.2, 0.25) is 0 Å². The Morgan fingerprint density at radius 3 is 2.48 bits per heavy atom. The van der Waals surface area contributed by atoms with Crippen LogP contribution in [0.5, 0.6) is 5.75 Å². The summed E-state index contributed by atoms with van der Waals surface area (Å²) in [6.07, 6.45) is 1.27. The highest BCUT2D eigenvalue weighted by Gasteiger charge is 2.35. The van der Waals surface area contributed by atoms with Gasteiger partial charge in [-0.3, -0.25) is 4.79 Å². The number of hydrogen-bond donors (Lipinski definition) is 1. The summed E-state index contributed by atoms with van der Waals surface area (Å²) in [5, 5.41) is 13.1. The molecule has 0 atom stereocenters. The molecule has 31 heavy (non-hydrogen) atoms. The predicted octanol–water partition coefficient (Wildman–Crippen LogP) is 6.36. The minimum atomic E-state index is -0.264. The molecule has 158 valence electrons. The van der Waals surface area contributed by atoms with Gasteiger partial charge in [0.1, 0.15) is 17.2 Å². The number of ketones is 1. The standard InChI is InChI=1S/C27H27NO3/c1-27(2)16-23(29)26(24(30)17-27)22(28-21-13-6-7-14-25(21)31-3)15-19-11-8-10-18-9-4-5-12-20(18)19/h4-14,29H,15-17H2,1-3H3. The van der Waals surface area contributed by atoms with Crippen molar-refractivity contribution in [2.75, 3.05) is 7.11 Å². The van der Waals surface area contributed by atoms with Gasteiger partial charge in [-0.2, -0.15) is 0 Å². The largest absolute Gasteiger partial charge is 0.511 e. The molecule has 4 nitrogen and oxygen atoms in total. The first-order valence-corrected chi connectivity index (χ1v) is 10.5. The van der Waals surface area contributed by atoms with Crippen LogP contribution in [-0.4, -0.2) is 23.7 Å². The maximum absolute atomic E-state index is 13.1. The predicted molar refractivity (Wildman–Crippen MR) is 125 cm³/mol. The van der Waals surface area contributed by atoms with Crippen molar-refractivity contribution in [2.24, 2.45) is 10.4 Å². The van der Waals surface area contributed by atoms with E-state index < -0.39 is 0 Å². The van der Waals surface area contributed by atoms with Crippen LogP contribution in [0.25, 0.3) is 10.8 Å². The van der Waals surface area contributed by atoms with Crippen LogP contribution >= 0.6 is 0 Å². The number of allylic oxidation sites excluding steroid dienone is 2. The Labute approximate surface area is 182 Å². The highest BCUT2D eigenvalue weighted by atomic mass is 16.5. The van der Waals surface area contributed by atoms with Crippen LogP contribution in [0, 0.1) is 5.41 Å². The molecule has 1 aliphatic rings. The summed E-state index contributed by atoms with van der Waals surface area (Å²) in [7, 11) is 1.60. The van der Waals surface area contributed by atoms with E-state index in [1.54, 1.807) is 7.11 Å². The molecule has 0 heterocycles. The molecule has 0 fully saturated rings. The van der Waals surface area contributed by atoms with Gasteiger partial charge in [0.25, 0.3) is 0 Å². The number of benzene rings is 3. The third kappa shape index (κ3) is 4.38. The van der Waals surface area contributed by atoms with Crippen molar-refractivity contribution in [2.45, 2.75) is 33.1 Å². The number of ether oxygens (including phenoxy) is 1. The fraction of sp³-hybridized carbons (Fsp3) is 0.259. The lowest BCUT2D eigenvalue weighted by Crippen LogP contribution is -2.30. The first-order valence-electron chi connectivity index (χ1n) is 10.5. The number of hydrogen-bond acceptors (Lipinski definition) is 4. The molecular formula is C27H27NO3. The number of nitrogens with zero attached hydrogens (tertiary/aromatic N) is 1. The third-order valence-electron chi connectivity index (χ3n) is 5.72. The fourth-order valence-corrected chi connectivity index (χ4v) is 4.29. The summed E-state index contributed by atoms with van der Waals surface area (Å²) in [6, 6.07) is 21.8. The molecule has 0 saturated heterocycles. The maximum Gasteiger partial charge on any atom is 0.168 e. The third-order valence-corrected chi connectivity index (χ3v) is 5.72. The van der Waals surface area contributed by atoms with Crippen molar-refractivity contribution in [3.05, 3.63) is 83.6 Å². The van der Waals surface area contributed by atoms with Gasteiger partial charge in [0.2, 0.25) is 0 Å². The molecular weight excluding hydrogens is 386 g/mol. The molecule has 0 radical (unpaired) electrons. The summed E-state index contributed by atoms with van der Waals surface area (Å²) >= 11 is 0. The monoisotopic (exact) mass is 413 g/mol. The highest BCUT2D eigenvalue weighted by molar-refractivity contribution is 6.24. The van der Waals surface area contributed by atoms with E-state index in [-0.39, 0.29) is 17.0 Å². The van der Waals surface area contributed by atoms with Gasteiger partial charge in [-0.25, -0.2) is 4.99 Å². The van der Waals surface area contributed by atoms with Crippen molar-refractivity contribution >= 4 is 28.0 Å². The first-order chi connectivity index (χ1) is 14.9. The molecule has 1 N–H and O–H groups in total. The zero-order valence-electron chi connectivity index (χ0n) is 18.2. The normalized spacial score (nSPS) is 16.6.